The summed E-state index contributed by atoms with van der Waals surface area (Å²) in [5, 5.41) is 8.83. The van der Waals surface area contributed by atoms with E-state index >= 15 is 0 Å². The minimum atomic E-state index is -0.797. The second-order valence-corrected chi connectivity index (χ2v) is 4.35. The number of rotatable bonds is 5. The summed E-state index contributed by atoms with van der Waals surface area (Å²) >= 11 is 0. The number of carboxylic acid groups (broad SMARTS) is 1. The number of carbonyl (C=O) groups excluding carboxylic acids is 1. The Bertz CT molecular complexity index is 268. The molecular weight excluding hydrogens is 208 g/mol. The zero-order chi connectivity index (χ0) is 12.1. The monoisotopic (exact) mass is 228 g/mol. The summed E-state index contributed by atoms with van der Waals surface area (Å²) in [6.45, 7) is 3.78. The topological polar surface area (TPSA) is 60.9 Å². The van der Waals surface area contributed by atoms with Crippen LogP contribution in [-0.4, -0.2) is 59.5 Å². The van der Waals surface area contributed by atoms with Crippen LogP contribution in [0.3, 0.4) is 0 Å². The zero-order valence-electron chi connectivity index (χ0n) is 9.98. The lowest BCUT2D eigenvalue weighted by atomic mass is 10.1. The molecule has 1 amide bonds. The van der Waals surface area contributed by atoms with Gasteiger partial charge < -0.3 is 10.0 Å². The molecule has 0 aliphatic carbocycles. The van der Waals surface area contributed by atoms with Crippen LogP contribution in [0.4, 0.5) is 0 Å². The Morgan fingerprint density at radius 2 is 2.25 bits per heavy atom. The highest BCUT2D eigenvalue weighted by Gasteiger charge is 2.30. The molecule has 1 aliphatic heterocycles. The van der Waals surface area contributed by atoms with E-state index in [1.165, 1.54) is 0 Å². The molecular formula is C11H20N2O3. The number of nitrogens with zero attached hydrogens (tertiary/aromatic N) is 2. The first-order valence-electron chi connectivity index (χ1n) is 5.74. The van der Waals surface area contributed by atoms with Crippen LogP contribution in [0.15, 0.2) is 0 Å². The molecule has 92 valence electrons. The molecule has 0 aromatic rings. The minimum absolute atomic E-state index is 0.0354. The molecule has 0 bridgehead atoms. The standard InChI is InChI=1S/C11H20N2O3/c1-3-4-5-13-8-10(14)12(2)7-9(13)6-11(15)16/h9H,3-8H2,1-2H3,(H,15,16). The average Bonchev–Trinajstić information content (AvgIpc) is 2.20. The van der Waals surface area contributed by atoms with Gasteiger partial charge in [-0.1, -0.05) is 13.3 Å². The minimum Gasteiger partial charge on any atom is -0.481 e. The van der Waals surface area contributed by atoms with Gasteiger partial charge in [0.15, 0.2) is 0 Å². The molecule has 1 rings (SSSR count). The van der Waals surface area contributed by atoms with E-state index in [2.05, 4.69) is 6.92 Å². The molecule has 5 nitrogen and oxygen atoms in total. The number of amides is 1. The lowest BCUT2D eigenvalue weighted by Gasteiger charge is -2.38. The van der Waals surface area contributed by atoms with Crippen molar-refractivity contribution in [2.24, 2.45) is 0 Å². The molecule has 1 atom stereocenters. The number of likely N-dealkylation sites (N-methyl/N-ethyl adjacent to an activating group) is 1. The van der Waals surface area contributed by atoms with Gasteiger partial charge in [-0.25, -0.2) is 0 Å². The molecule has 1 fully saturated rings. The second-order valence-electron chi connectivity index (χ2n) is 4.35. The Balaban J connectivity index is 2.59. The number of carboxylic acids is 1. The number of hydrogen-bond acceptors (Lipinski definition) is 3. The molecule has 0 aromatic heterocycles. The van der Waals surface area contributed by atoms with Crippen molar-refractivity contribution in [1.29, 1.82) is 0 Å². The molecule has 0 spiro atoms. The fourth-order valence-electron chi connectivity index (χ4n) is 1.98. The number of hydrogen-bond donors (Lipinski definition) is 1. The maximum atomic E-state index is 11.5. The molecule has 16 heavy (non-hydrogen) atoms. The second kappa shape index (κ2) is 5.84. The predicted octanol–water partition coefficient (Wildman–Crippen LogP) is 0.404. The Morgan fingerprint density at radius 3 is 2.81 bits per heavy atom. The van der Waals surface area contributed by atoms with Gasteiger partial charge in [0.25, 0.3) is 0 Å². The first-order valence-corrected chi connectivity index (χ1v) is 5.74. The third-order valence-electron chi connectivity index (χ3n) is 2.97. The van der Waals surface area contributed by atoms with Gasteiger partial charge in [0.05, 0.1) is 13.0 Å². The molecule has 0 saturated carbocycles. The van der Waals surface area contributed by atoms with Gasteiger partial charge >= 0.3 is 5.97 Å². The van der Waals surface area contributed by atoms with Crippen molar-refractivity contribution < 1.29 is 14.7 Å². The highest BCUT2D eigenvalue weighted by molar-refractivity contribution is 5.79. The first kappa shape index (κ1) is 13.0. The van der Waals surface area contributed by atoms with Crippen molar-refractivity contribution in [2.75, 3.05) is 26.7 Å². The van der Waals surface area contributed by atoms with Crippen molar-refractivity contribution in [3.05, 3.63) is 0 Å². The number of piperazine rings is 1. The zero-order valence-corrected chi connectivity index (χ0v) is 9.98. The molecule has 0 aromatic carbocycles. The fourth-order valence-corrected chi connectivity index (χ4v) is 1.98. The Labute approximate surface area is 96.0 Å². The van der Waals surface area contributed by atoms with E-state index < -0.39 is 5.97 Å². The molecule has 1 saturated heterocycles. The van der Waals surface area contributed by atoms with E-state index in [0.29, 0.717) is 13.1 Å². The summed E-state index contributed by atoms with van der Waals surface area (Å²) in [4.78, 5) is 25.9. The summed E-state index contributed by atoms with van der Waals surface area (Å²) in [6.07, 6.45) is 2.18. The van der Waals surface area contributed by atoms with E-state index in [-0.39, 0.29) is 18.4 Å². The molecule has 1 heterocycles. The van der Waals surface area contributed by atoms with Crippen LogP contribution < -0.4 is 0 Å². The van der Waals surface area contributed by atoms with Crippen molar-refractivity contribution in [2.45, 2.75) is 32.2 Å². The summed E-state index contributed by atoms with van der Waals surface area (Å²) in [5.41, 5.74) is 0. The third kappa shape index (κ3) is 3.48. The third-order valence-corrected chi connectivity index (χ3v) is 2.97. The van der Waals surface area contributed by atoms with Gasteiger partial charge in [0.1, 0.15) is 0 Å². The van der Waals surface area contributed by atoms with Gasteiger partial charge in [0.2, 0.25) is 5.91 Å². The maximum absolute atomic E-state index is 11.5. The van der Waals surface area contributed by atoms with E-state index in [9.17, 15) is 9.59 Å². The van der Waals surface area contributed by atoms with Gasteiger partial charge in [-0.2, -0.15) is 0 Å². The van der Waals surface area contributed by atoms with E-state index in [4.69, 9.17) is 5.11 Å². The first-order chi connectivity index (χ1) is 7.54. The molecule has 1 unspecified atom stereocenters. The molecule has 1 aliphatic rings. The smallest absolute Gasteiger partial charge is 0.305 e. The van der Waals surface area contributed by atoms with Gasteiger partial charge in [-0.05, 0) is 13.0 Å². The van der Waals surface area contributed by atoms with Crippen LogP contribution in [0.5, 0.6) is 0 Å². The maximum Gasteiger partial charge on any atom is 0.305 e. The summed E-state index contributed by atoms with van der Waals surface area (Å²) < 4.78 is 0. The Hall–Kier alpha value is -1.10. The van der Waals surface area contributed by atoms with Crippen LogP contribution in [0.1, 0.15) is 26.2 Å². The van der Waals surface area contributed by atoms with Crippen LogP contribution in [0, 0.1) is 0 Å². The number of unbranched alkanes of at least 4 members (excludes halogenated alkanes) is 1. The summed E-state index contributed by atoms with van der Waals surface area (Å²) in [7, 11) is 1.73. The van der Waals surface area contributed by atoms with E-state index in [1.54, 1.807) is 11.9 Å². The van der Waals surface area contributed by atoms with Crippen LogP contribution in [0.25, 0.3) is 0 Å². The van der Waals surface area contributed by atoms with Gasteiger partial charge in [-0.3, -0.25) is 14.5 Å². The highest BCUT2D eigenvalue weighted by Crippen LogP contribution is 2.13. The molecule has 1 N–H and O–H groups in total. The Kier molecular flexibility index (Phi) is 4.73. The van der Waals surface area contributed by atoms with Crippen molar-refractivity contribution in [3.8, 4) is 0 Å². The van der Waals surface area contributed by atoms with Crippen LogP contribution >= 0.6 is 0 Å². The lowest BCUT2D eigenvalue weighted by Crippen LogP contribution is -2.55. The van der Waals surface area contributed by atoms with Crippen LogP contribution in [-0.2, 0) is 9.59 Å². The van der Waals surface area contributed by atoms with E-state index in [1.807, 2.05) is 4.90 Å². The molecule has 5 heteroatoms. The number of carbonyl (C=O) groups is 2. The van der Waals surface area contributed by atoms with Gasteiger partial charge in [0, 0.05) is 19.6 Å². The van der Waals surface area contributed by atoms with Crippen LogP contribution in [0.2, 0.25) is 0 Å². The highest BCUT2D eigenvalue weighted by atomic mass is 16.4. The van der Waals surface area contributed by atoms with Crippen molar-refractivity contribution in [1.82, 2.24) is 9.80 Å². The summed E-state index contributed by atoms with van der Waals surface area (Å²) in [5.74, 6) is -0.716. The predicted molar refractivity (Wildman–Crippen MR) is 60.2 cm³/mol. The Morgan fingerprint density at radius 1 is 1.56 bits per heavy atom. The fraction of sp³-hybridized carbons (Fsp3) is 0.818. The normalized spacial score (nSPS) is 22.5. The quantitative estimate of drug-likeness (QED) is 0.740. The summed E-state index contributed by atoms with van der Waals surface area (Å²) in [6, 6.07) is -0.0354. The average molecular weight is 228 g/mol. The van der Waals surface area contributed by atoms with Gasteiger partial charge in [-0.15, -0.1) is 0 Å². The van der Waals surface area contributed by atoms with Crippen molar-refractivity contribution >= 4 is 11.9 Å². The number of aliphatic carboxylic acids is 1. The van der Waals surface area contributed by atoms with E-state index in [0.717, 1.165) is 19.4 Å². The molecule has 0 radical (unpaired) electrons. The SMILES string of the molecule is CCCCN1CC(=O)N(C)CC1CC(=O)O. The largest absolute Gasteiger partial charge is 0.481 e. The lowest BCUT2D eigenvalue weighted by molar-refractivity contribution is -0.144. The van der Waals surface area contributed by atoms with Crippen molar-refractivity contribution in [3.63, 3.8) is 0 Å².